The van der Waals surface area contributed by atoms with E-state index in [0.717, 1.165) is 25.9 Å². The number of para-hydroxylation sites is 1. The second-order valence-corrected chi connectivity index (χ2v) is 7.19. The summed E-state index contributed by atoms with van der Waals surface area (Å²) in [5.41, 5.74) is 3.95. The molecule has 0 spiro atoms. The minimum atomic E-state index is -0.453. The molecule has 1 saturated heterocycles. The number of phenolic OH excluding ortho intramolecular Hbond substituents is 1. The van der Waals surface area contributed by atoms with Crippen LogP contribution >= 0.6 is 0 Å². The number of rotatable bonds is 7. The molecule has 1 fully saturated rings. The first-order valence-electron chi connectivity index (χ1n) is 10.2. The zero-order chi connectivity index (χ0) is 22.3. The maximum atomic E-state index is 10.9. The van der Waals surface area contributed by atoms with Crippen LogP contribution < -0.4 is 15.6 Å². The zero-order valence-corrected chi connectivity index (χ0v) is 17.2. The highest BCUT2D eigenvalue weighted by atomic mass is 16.6. The topological polar surface area (TPSA) is 142 Å². The van der Waals surface area contributed by atoms with Gasteiger partial charge in [-0.15, -0.1) is 0 Å². The van der Waals surface area contributed by atoms with Gasteiger partial charge in [-0.05, 0) is 43.5 Å². The van der Waals surface area contributed by atoms with Gasteiger partial charge in [0.25, 0.3) is 5.69 Å². The van der Waals surface area contributed by atoms with Crippen LogP contribution in [-0.4, -0.2) is 44.3 Å². The van der Waals surface area contributed by atoms with Crippen molar-refractivity contribution in [3.63, 3.8) is 0 Å². The zero-order valence-electron chi connectivity index (χ0n) is 17.2. The van der Waals surface area contributed by atoms with Crippen molar-refractivity contribution in [2.24, 2.45) is 5.10 Å². The van der Waals surface area contributed by atoms with Crippen LogP contribution in [0.2, 0.25) is 0 Å². The van der Waals surface area contributed by atoms with Gasteiger partial charge in [0, 0.05) is 36.5 Å². The van der Waals surface area contributed by atoms with Gasteiger partial charge in [-0.1, -0.05) is 12.1 Å². The SMILES string of the molecule is O=[N+]([O-])c1ccc(Nc2nc(N/N=C\c3ccccc3O)nc(N3CCCCC3)n2)cc1. The molecule has 1 aliphatic rings. The number of benzene rings is 2. The van der Waals surface area contributed by atoms with E-state index in [1.54, 1.807) is 36.4 Å². The fourth-order valence-corrected chi connectivity index (χ4v) is 3.26. The highest BCUT2D eigenvalue weighted by molar-refractivity contribution is 5.83. The lowest BCUT2D eigenvalue weighted by Gasteiger charge is -2.26. The number of piperidine rings is 1. The molecule has 0 radical (unpaired) electrons. The molecule has 2 heterocycles. The van der Waals surface area contributed by atoms with Gasteiger partial charge in [-0.25, -0.2) is 5.43 Å². The minimum Gasteiger partial charge on any atom is -0.507 e. The van der Waals surface area contributed by atoms with Gasteiger partial charge in [0.2, 0.25) is 17.8 Å². The van der Waals surface area contributed by atoms with E-state index in [4.69, 9.17) is 0 Å². The first-order chi connectivity index (χ1) is 15.6. The molecular formula is C21H22N8O3. The van der Waals surface area contributed by atoms with E-state index in [2.05, 4.69) is 35.7 Å². The summed E-state index contributed by atoms with van der Waals surface area (Å²) in [5, 5.41) is 27.9. The Balaban J connectivity index is 1.57. The Morgan fingerprint density at radius 1 is 1.00 bits per heavy atom. The summed E-state index contributed by atoms with van der Waals surface area (Å²) in [7, 11) is 0. The molecule has 1 aliphatic heterocycles. The number of hydrogen-bond donors (Lipinski definition) is 3. The molecule has 0 aliphatic carbocycles. The Hall–Kier alpha value is -4.28. The molecule has 11 heteroatoms. The van der Waals surface area contributed by atoms with Crippen molar-refractivity contribution in [1.82, 2.24) is 15.0 Å². The van der Waals surface area contributed by atoms with E-state index >= 15 is 0 Å². The van der Waals surface area contributed by atoms with Crippen LogP contribution in [0.4, 0.5) is 29.2 Å². The number of hydrazone groups is 1. The standard InChI is InChI=1S/C21H22N8O3/c30-18-7-3-2-6-15(18)14-22-27-20-24-19(23-16-8-10-17(11-9-16)29(31)32)25-21(26-20)28-12-4-1-5-13-28/h2-3,6-11,14,30H,1,4-5,12-13H2,(H2,23,24,25,26,27)/b22-14-. The first-order valence-corrected chi connectivity index (χ1v) is 10.2. The second kappa shape index (κ2) is 9.69. The summed E-state index contributed by atoms with van der Waals surface area (Å²) < 4.78 is 0. The summed E-state index contributed by atoms with van der Waals surface area (Å²) in [6, 6.07) is 12.8. The molecule has 0 amide bonds. The van der Waals surface area contributed by atoms with Crippen molar-refractivity contribution < 1.29 is 10.0 Å². The quantitative estimate of drug-likeness (QED) is 0.288. The van der Waals surface area contributed by atoms with Crippen molar-refractivity contribution >= 4 is 35.4 Å². The number of nitro groups is 1. The maximum absolute atomic E-state index is 10.9. The van der Waals surface area contributed by atoms with Gasteiger partial charge in [-0.2, -0.15) is 20.1 Å². The molecule has 3 N–H and O–H groups in total. The average molecular weight is 434 g/mol. The minimum absolute atomic E-state index is 0.000981. The van der Waals surface area contributed by atoms with Crippen LogP contribution in [0.5, 0.6) is 5.75 Å². The number of aromatic nitrogens is 3. The summed E-state index contributed by atoms with van der Waals surface area (Å²) in [6.07, 6.45) is 4.77. The number of anilines is 4. The van der Waals surface area contributed by atoms with Gasteiger partial charge in [0.15, 0.2) is 0 Å². The second-order valence-electron chi connectivity index (χ2n) is 7.19. The third-order valence-electron chi connectivity index (χ3n) is 4.90. The molecule has 2 aromatic carbocycles. The van der Waals surface area contributed by atoms with Crippen LogP contribution in [0.1, 0.15) is 24.8 Å². The average Bonchev–Trinajstić information content (AvgIpc) is 2.81. The Morgan fingerprint density at radius 3 is 2.44 bits per heavy atom. The monoisotopic (exact) mass is 434 g/mol. The molecule has 0 bridgehead atoms. The molecular weight excluding hydrogens is 412 g/mol. The number of phenols is 1. The van der Waals surface area contributed by atoms with Crippen LogP contribution in [0, 0.1) is 10.1 Å². The number of hydrogen-bond acceptors (Lipinski definition) is 10. The first kappa shape index (κ1) is 21.0. The Kier molecular flexibility index (Phi) is 6.35. The highest BCUT2D eigenvalue weighted by Crippen LogP contribution is 2.22. The van der Waals surface area contributed by atoms with Crippen molar-refractivity contribution in [3.05, 3.63) is 64.2 Å². The van der Waals surface area contributed by atoms with Gasteiger partial charge in [-0.3, -0.25) is 10.1 Å². The molecule has 4 rings (SSSR count). The Morgan fingerprint density at radius 2 is 1.72 bits per heavy atom. The van der Waals surface area contributed by atoms with Crippen molar-refractivity contribution in [3.8, 4) is 5.75 Å². The fourth-order valence-electron chi connectivity index (χ4n) is 3.26. The van der Waals surface area contributed by atoms with E-state index in [1.165, 1.54) is 24.8 Å². The van der Waals surface area contributed by atoms with Crippen LogP contribution in [0.15, 0.2) is 53.6 Å². The number of nitro benzene ring substituents is 1. The molecule has 0 unspecified atom stereocenters. The van der Waals surface area contributed by atoms with E-state index in [9.17, 15) is 15.2 Å². The molecule has 3 aromatic rings. The lowest BCUT2D eigenvalue weighted by atomic mass is 10.1. The predicted octanol–water partition coefficient (Wildman–Crippen LogP) is 3.67. The van der Waals surface area contributed by atoms with E-state index in [1.807, 2.05) is 0 Å². The van der Waals surface area contributed by atoms with E-state index in [0.29, 0.717) is 17.2 Å². The third-order valence-corrected chi connectivity index (χ3v) is 4.90. The molecule has 11 nitrogen and oxygen atoms in total. The Labute approximate surface area is 184 Å². The Bertz CT molecular complexity index is 1110. The summed E-state index contributed by atoms with van der Waals surface area (Å²) >= 11 is 0. The molecule has 0 atom stereocenters. The van der Waals surface area contributed by atoms with Crippen molar-refractivity contribution in [1.29, 1.82) is 0 Å². The number of aromatic hydroxyl groups is 1. The van der Waals surface area contributed by atoms with Gasteiger partial charge in [0.05, 0.1) is 11.1 Å². The van der Waals surface area contributed by atoms with Crippen LogP contribution in [-0.2, 0) is 0 Å². The normalized spacial score (nSPS) is 13.8. The fraction of sp³-hybridized carbons (Fsp3) is 0.238. The van der Waals surface area contributed by atoms with Gasteiger partial charge >= 0.3 is 0 Å². The van der Waals surface area contributed by atoms with Crippen LogP contribution in [0.25, 0.3) is 0 Å². The molecule has 1 aromatic heterocycles. The maximum Gasteiger partial charge on any atom is 0.269 e. The van der Waals surface area contributed by atoms with Crippen molar-refractivity contribution in [2.75, 3.05) is 28.7 Å². The largest absolute Gasteiger partial charge is 0.507 e. The number of nitrogens with one attached hydrogen (secondary N) is 2. The molecule has 164 valence electrons. The van der Waals surface area contributed by atoms with Gasteiger partial charge in [0.1, 0.15) is 5.75 Å². The lowest BCUT2D eigenvalue weighted by Crippen LogP contribution is -2.31. The predicted molar refractivity (Wildman–Crippen MR) is 122 cm³/mol. The number of non-ortho nitro benzene ring substituents is 1. The summed E-state index contributed by atoms with van der Waals surface area (Å²) in [4.78, 5) is 25.9. The highest BCUT2D eigenvalue weighted by Gasteiger charge is 2.16. The number of nitrogens with zero attached hydrogens (tertiary/aromatic N) is 6. The van der Waals surface area contributed by atoms with Gasteiger partial charge < -0.3 is 15.3 Å². The van der Waals surface area contributed by atoms with E-state index < -0.39 is 4.92 Å². The van der Waals surface area contributed by atoms with Crippen LogP contribution in [0.3, 0.4) is 0 Å². The smallest absolute Gasteiger partial charge is 0.269 e. The summed E-state index contributed by atoms with van der Waals surface area (Å²) in [5.74, 6) is 1.15. The summed E-state index contributed by atoms with van der Waals surface area (Å²) in [6.45, 7) is 1.70. The van der Waals surface area contributed by atoms with E-state index in [-0.39, 0.29) is 23.3 Å². The molecule has 0 saturated carbocycles. The molecule has 32 heavy (non-hydrogen) atoms. The third kappa shape index (κ3) is 5.25. The lowest BCUT2D eigenvalue weighted by molar-refractivity contribution is -0.384. The van der Waals surface area contributed by atoms with Crippen molar-refractivity contribution in [2.45, 2.75) is 19.3 Å².